The smallest absolute Gasteiger partial charge is 0.322 e. The summed E-state index contributed by atoms with van der Waals surface area (Å²) < 4.78 is 0. The molecule has 0 bridgehead atoms. The van der Waals surface area contributed by atoms with Crippen molar-refractivity contribution < 1.29 is 19.5 Å². The SMILES string of the molecule is Cc1ccc(C(=O)N2CCC(O)(C(=O)N3CCCC3)CC2)cc1N1CCNC1=O. The molecule has 0 aromatic heterocycles. The molecule has 3 heterocycles. The number of benzene rings is 1. The number of carbonyl (C=O) groups excluding carboxylic acids is 3. The molecule has 3 aliphatic heterocycles. The Morgan fingerprint density at radius 1 is 1.03 bits per heavy atom. The molecular weight excluding hydrogens is 372 g/mol. The molecule has 29 heavy (non-hydrogen) atoms. The van der Waals surface area contributed by atoms with Crippen LogP contribution in [0.5, 0.6) is 0 Å². The van der Waals surface area contributed by atoms with Crippen molar-refractivity contribution in [3.8, 4) is 0 Å². The summed E-state index contributed by atoms with van der Waals surface area (Å²) in [4.78, 5) is 42.8. The lowest BCUT2D eigenvalue weighted by Crippen LogP contribution is -2.55. The zero-order valence-electron chi connectivity index (χ0n) is 16.8. The highest BCUT2D eigenvalue weighted by atomic mass is 16.3. The van der Waals surface area contributed by atoms with E-state index in [9.17, 15) is 19.5 Å². The van der Waals surface area contributed by atoms with Crippen molar-refractivity contribution in [3.05, 3.63) is 29.3 Å². The van der Waals surface area contributed by atoms with Crippen LogP contribution in [0.15, 0.2) is 18.2 Å². The van der Waals surface area contributed by atoms with Gasteiger partial charge in [0.05, 0.1) is 0 Å². The average Bonchev–Trinajstić information content (AvgIpc) is 3.40. The maximum Gasteiger partial charge on any atom is 0.322 e. The minimum absolute atomic E-state index is 0.137. The van der Waals surface area contributed by atoms with Crippen LogP contribution in [0.25, 0.3) is 0 Å². The standard InChI is InChI=1S/C21H28N4O4/c1-15-4-5-16(14-17(15)25-13-8-22-20(25)28)18(26)23-11-6-21(29,7-12-23)19(27)24-9-2-3-10-24/h4-5,14,29H,2-3,6-13H2,1H3,(H,22,28). The number of aryl methyl sites for hydroxylation is 1. The predicted octanol–water partition coefficient (Wildman–Crippen LogP) is 1.11. The van der Waals surface area contributed by atoms with Gasteiger partial charge in [-0.05, 0) is 37.5 Å². The van der Waals surface area contributed by atoms with Crippen LogP contribution in [0, 0.1) is 6.92 Å². The zero-order chi connectivity index (χ0) is 20.6. The number of amides is 4. The number of urea groups is 1. The Kier molecular flexibility index (Phi) is 5.21. The first kappa shape index (κ1) is 19.7. The molecule has 3 fully saturated rings. The van der Waals surface area contributed by atoms with Gasteiger partial charge < -0.3 is 20.2 Å². The van der Waals surface area contributed by atoms with Crippen molar-refractivity contribution in [2.75, 3.05) is 44.2 Å². The summed E-state index contributed by atoms with van der Waals surface area (Å²) >= 11 is 0. The molecule has 0 radical (unpaired) electrons. The van der Waals surface area contributed by atoms with Crippen molar-refractivity contribution >= 4 is 23.5 Å². The number of carbonyl (C=O) groups is 3. The van der Waals surface area contributed by atoms with Crippen LogP contribution < -0.4 is 10.2 Å². The van der Waals surface area contributed by atoms with Crippen molar-refractivity contribution in [1.29, 1.82) is 0 Å². The molecule has 8 heteroatoms. The second kappa shape index (κ2) is 7.67. The summed E-state index contributed by atoms with van der Waals surface area (Å²) in [5.41, 5.74) is 0.820. The van der Waals surface area contributed by atoms with E-state index in [1.165, 1.54) is 0 Å². The fourth-order valence-corrected chi connectivity index (χ4v) is 4.43. The Morgan fingerprint density at radius 3 is 2.34 bits per heavy atom. The molecule has 0 saturated carbocycles. The summed E-state index contributed by atoms with van der Waals surface area (Å²) in [7, 11) is 0. The van der Waals surface area contributed by atoms with Gasteiger partial charge in [-0.25, -0.2) is 4.79 Å². The summed E-state index contributed by atoms with van der Waals surface area (Å²) in [6.07, 6.45) is 2.47. The molecule has 4 rings (SSSR count). The average molecular weight is 400 g/mol. The highest BCUT2D eigenvalue weighted by Gasteiger charge is 2.43. The third-order valence-corrected chi connectivity index (χ3v) is 6.27. The molecule has 3 aliphatic rings. The summed E-state index contributed by atoms with van der Waals surface area (Å²) in [5, 5.41) is 13.6. The fraction of sp³-hybridized carbons (Fsp3) is 0.571. The van der Waals surface area contributed by atoms with Gasteiger partial charge in [0, 0.05) is 63.4 Å². The third-order valence-electron chi connectivity index (χ3n) is 6.27. The Bertz CT molecular complexity index is 826. The predicted molar refractivity (Wildman–Crippen MR) is 108 cm³/mol. The van der Waals surface area contributed by atoms with E-state index >= 15 is 0 Å². The van der Waals surface area contributed by atoms with Gasteiger partial charge in [-0.15, -0.1) is 0 Å². The zero-order valence-corrected chi connectivity index (χ0v) is 16.8. The van der Waals surface area contributed by atoms with E-state index in [0.29, 0.717) is 44.8 Å². The number of likely N-dealkylation sites (tertiary alicyclic amines) is 2. The molecule has 0 aliphatic carbocycles. The number of piperidine rings is 1. The molecule has 2 N–H and O–H groups in total. The molecule has 4 amide bonds. The highest BCUT2D eigenvalue weighted by molar-refractivity contribution is 5.99. The quantitative estimate of drug-likeness (QED) is 0.795. The molecule has 156 valence electrons. The van der Waals surface area contributed by atoms with Gasteiger partial charge in [-0.1, -0.05) is 6.07 Å². The van der Waals surface area contributed by atoms with Gasteiger partial charge in [0.1, 0.15) is 5.60 Å². The van der Waals surface area contributed by atoms with Gasteiger partial charge in [-0.2, -0.15) is 0 Å². The Hall–Kier alpha value is -2.61. The molecule has 0 unspecified atom stereocenters. The molecule has 3 saturated heterocycles. The van der Waals surface area contributed by atoms with E-state index in [2.05, 4.69) is 5.32 Å². The Morgan fingerprint density at radius 2 is 1.72 bits per heavy atom. The van der Waals surface area contributed by atoms with Gasteiger partial charge in [-0.3, -0.25) is 14.5 Å². The number of anilines is 1. The van der Waals surface area contributed by atoms with Crippen LogP contribution in [0.1, 0.15) is 41.6 Å². The van der Waals surface area contributed by atoms with E-state index in [1.54, 1.807) is 26.8 Å². The monoisotopic (exact) mass is 400 g/mol. The lowest BCUT2D eigenvalue weighted by molar-refractivity contribution is -0.154. The first-order chi connectivity index (χ1) is 13.9. The van der Waals surface area contributed by atoms with Crippen molar-refractivity contribution in [2.45, 2.75) is 38.2 Å². The van der Waals surface area contributed by atoms with Gasteiger partial charge in [0.2, 0.25) is 0 Å². The minimum Gasteiger partial charge on any atom is -0.380 e. The number of hydrogen-bond donors (Lipinski definition) is 2. The molecule has 1 aromatic rings. The second-order valence-electron chi connectivity index (χ2n) is 8.21. The largest absolute Gasteiger partial charge is 0.380 e. The van der Waals surface area contributed by atoms with Crippen molar-refractivity contribution in [1.82, 2.24) is 15.1 Å². The number of rotatable bonds is 3. The molecule has 8 nitrogen and oxygen atoms in total. The van der Waals surface area contributed by atoms with Crippen molar-refractivity contribution in [3.63, 3.8) is 0 Å². The summed E-state index contributed by atoms with van der Waals surface area (Å²) in [6, 6.07) is 5.23. The van der Waals surface area contributed by atoms with E-state index < -0.39 is 5.60 Å². The van der Waals surface area contributed by atoms with Crippen LogP contribution in [-0.2, 0) is 4.79 Å². The van der Waals surface area contributed by atoms with E-state index in [1.807, 2.05) is 13.0 Å². The lowest BCUT2D eigenvalue weighted by atomic mass is 9.89. The maximum absolute atomic E-state index is 13.0. The number of nitrogens with one attached hydrogen (secondary N) is 1. The van der Waals surface area contributed by atoms with Gasteiger partial charge in [0.15, 0.2) is 0 Å². The first-order valence-electron chi connectivity index (χ1n) is 10.4. The van der Waals surface area contributed by atoms with Crippen molar-refractivity contribution in [2.24, 2.45) is 0 Å². The molecule has 0 spiro atoms. The van der Waals surface area contributed by atoms with E-state index in [-0.39, 0.29) is 30.7 Å². The second-order valence-corrected chi connectivity index (χ2v) is 8.21. The van der Waals surface area contributed by atoms with Gasteiger partial charge in [0.25, 0.3) is 11.8 Å². The molecule has 0 atom stereocenters. The first-order valence-corrected chi connectivity index (χ1v) is 10.4. The Balaban J connectivity index is 1.44. The van der Waals surface area contributed by atoms with Crippen LogP contribution in [0.3, 0.4) is 0 Å². The van der Waals surface area contributed by atoms with Crippen LogP contribution in [-0.4, -0.2) is 77.6 Å². The number of nitrogens with zero attached hydrogens (tertiary/aromatic N) is 3. The van der Waals surface area contributed by atoms with Crippen LogP contribution in [0.2, 0.25) is 0 Å². The minimum atomic E-state index is -1.37. The normalized spacial score (nSPS) is 21.4. The summed E-state index contributed by atoms with van der Waals surface area (Å²) in [6.45, 7) is 5.17. The maximum atomic E-state index is 13.0. The molecular formula is C21H28N4O4. The van der Waals surface area contributed by atoms with Crippen LogP contribution in [0.4, 0.5) is 10.5 Å². The van der Waals surface area contributed by atoms with Crippen LogP contribution >= 0.6 is 0 Å². The summed E-state index contributed by atoms with van der Waals surface area (Å²) in [5.74, 6) is -0.332. The molecule has 1 aromatic carbocycles. The topological polar surface area (TPSA) is 93.2 Å². The number of hydrogen-bond acceptors (Lipinski definition) is 4. The van der Waals surface area contributed by atoms with E-state index in [0.717, 1.165) is 24.1 Å². The lowest BCUT2D eigenvalue weighted by Gasteiger charge is -2.39. The Labute approximate surface area is 170 Å². The van der Waals surface area contributed by atoms with Gasteiger partial charge >= 0.3 is 6.03 Å². The fourth-order valence-electron chi connectivity index (χ4n) is 4.43. The third kappa shape index (κ3) is 3.69. The highest BCUT2D eigenvalue weighted by Crippen LogP contribution is 2.29. The number of aliphatic hydroxyl groups is 1. The van der Waals surface area contributed by atoms with E-state index in [4.69, 9.17) is 0 Å².